The molecule has 2 rings (SSSR count). The van der Waals surface area contributed by atoms with E-state index in [2.05, 4.69) is 19.2 Å². The monoisotopic (exact) mass is 975 g/mol. The summed E-state index contributed by atoms with van der Waals surface area (Å²) < 4.78 is 18.1. The molecule has 0 amide bonds. The summed E-state index contributed by atoms with van der Waals surface area (Å²) in [5.41, 5.74) is 3.50. The van der Waals surface area contributed by atoms with Crippen molar-refractivity contribution in [1.82, 2.24) is 5.32 Å². The Bertz CT molecular complexity index is 1890. The second-order valence-electron chi connectivity index (χ2n) is 18.0. The van der Waals surface area contributed by atoms with Crippen LogP contribution in [-0.4, -0.2) is 67.8 Å². The van der Waals surface area contributed by atoms with Crippen LogP contribution >= 0.6 is 0 Å². The first kappa shape index (κ1) is 59.6. The topological polar surface area (TPSA) is 293 Å². The summed E-state index contributed by atoms with van der Waals surface area (Å²) in [6, 6.07) is 4.73. The standard InChI is InChI=1S/C49H78N6O14/c1-4-6-8-10-12-14-20-26-40(68-44-33-31-38(52(59)60)36-42(44)54(63)64)27-21-17-18-22-28-41(48(58)67-3)51-49(35-25-19-11-9-7-5-2,46(50)29-23-15-13-16-24-30-47(56)57)69-45-34-32-39(53(61)62)37-43(45)55(65)66/h31-34,36-37,40-41,46,51H,4-30,35,50H2,1-3H3,(H,56,57). The number of nitro groups is 4. The third kappa shape index (κ3) is 23.1. The van der Waals surface area contributed by atoms with Gasteiger partial charge in [0.25, 0.3) is 11.4 Å². The van der Waals surface area contributed by atoms with Gasteiger partial charge in [0.2, 0.25) is 0 Å². The molecule has 0 heterocycles. The maximum Gasteiger partial charge on any atom is 0.322 e. The number of rotatable bonds is 42. The van der Waals surface area contributed by atoms with Crippen molar-refractivity contribution in [2.45, 2.75) is 218 Å². The molecule has 0 aliphatic heterocycles. The number of aliphatic carboxylic acids is 1. The summed E-state index contributed by atoms with van der Waals surface area (Å²) in [7, 11) is 1.26. The van der Waals surface area contributed by atoms with E-state index in [9.17, 15) is 50.0 Å². The van der Waals surface area contributed by atoms with Crippen molar-refractivity contribution in [1.29, 1.82) is 0 Å². The van der Waals surface area contributed by atoms with Gasteiger partial charge in [-0.3, -0.25) is 55.4 Å². The SMILES string of the molecule is CCCCCCCCCC(CCCCCCC(NC(CCCCCCCC)(Oc1ccc([N+](=O)[O-])cc1[N+](=O)[O-])C(N)CCCCCCCC(=O)O)C(=O)OC)Oc1ccc([N+](=O)[O-])cc1[N+](=O)[O-]. The summed E-state index contributed by atoms with van der Waals surface area (Å²) in [5.74, 6) is -1.72. The van der Waals surface area contributed by atoms with Gasteiger partial charge >= 0.3 is 23.3 Å². The molecule has 0 aromatic heterocycles. The molecule has 4 N–H and O–H groups in total. The molecule has 4 atom stereocenters. The molecule has 69 heavy (non-hydrogen) atoms. The fourth-order valence-corrected chi connectivity index (χ4v) is 8.53. The quantitative estimate of drug-likeness (QED) is 0.0183. The summed E-state index contributed by atoms with van der Waals surface area (Å²) in [4.78, 5) is 69.0. The number of hydrogen-bond acceptors (Lipinski definition) is 15. The lowest BCUT2D eigenvalue weighted by Gasteiger charge is -2.42. The molecule has 0 bridgehead atoms. The van der Waals surface area contributed by atoms with Crippen molar-refractivity contribution in [3.8, 4) is 11.5 Å². The summed E-state index contributed by atoms with van der Waals surface area (Å²) in [6.07, 6.45) is 20.7. The predicted octanol–water partition coefficient (Wildman–Crippen LogP) is 12.3. The highest BCUT2D eigenvalue weighted by molar-refractivity contribution is 5.75. The maximum atomic E-state index is 13.6. The van der Waals surface area contributed by atoms with Crippen molar-refractivity contribution < 1.29 is 48.6 Å². The van der Waals surface area contributed by atoms with Crippen molar-refractivity contribution in [2.24, 2.45) is 5.73 Å². The zero-order valence-electron chi connectivity index (χ0n) is 41.1. The molecule has 0 radical (unpaired) electrons. The minimum atomic E-state index is -1.56. The third-order valence-electron chi connectivity index (χ3n) is 12.5. The van der Waals surface area contributed by atoms with Gasteiger partial charge in [-0.15, -0.1) is 0 Å². The first-order valence-electron chi connectivity index (χ1n) is 25.1. The Hall–Kier alpha value is -5.50. The average molecular weight is 975 g/mol. The Morgan fingerprint density at radius 1 is 0.609 bits per heavy atom. The van der Waals surface area contributed by atoms with Gasteiger partial charge in [-0.1, -0.05) is 129 Å². The second kappa shape index (κ2) is 33.9. The lowest BCUT2D eigenvalue weighted by Crippen LogP contribution is -2.66. The van der Waals surface area contributed by atoms with E-state index in [1.807, 2.05) is 0 Å². The van der Waals surface area contributed by atoms with Crippen LogP contribution in [-0.2, 0) is 14.3 Å². The summed E-state index contributed by atoms with van der Waals surface area (Å²) in [5, 5.41) is 59.7. The number of nitrogens with zero attached hydrogens (tertiary/aromatic N) is 4. The lowest BCUT2D eigenvalue weighted by molar-refractivity contribution is -0.395. The van der Waals surface area contributed by atoms with Crippen LogP contribution in [0.3, 0.4) is 0 Å². The molecule has 2 aromatic rings. The number of nitrogens with one attached hydrogen (secondary N) is 1. The molecule has 0 fully saturated rings. The molecule has 0 spiro atoms. The van der Waals surface area contributed by atoms with Crippen LogP contribution in [0.1, 0.15) is 194 Å². The minimum Gasteiger partial charge on any atom is -0.483 e. The van der Waals surface area contributed by atoms with Gasteiger partial charge in [-0.25, -0.2) is 0 Å². The van der Waals surface area contributed by atoms with E-state index in [4.69, 9.17) is 25.1 Å². The van der Waals surface area contributed by atoms with E-state index < -0.39 is 72.2 Å². The molecule has 4 unspecified atom stereocenters. The number of methoxy groups -OCH3 is 1. The molecule has 20 heteroatoms. The van der Waals surface area contributed by atoms with Gasteiger partial charge < -0.3 is 25.1 Å². The number of non-ortho nitro benzene ring substituents is 2. The number of unbranched alkanes of at least 4 members (excludes halogenated alkanes) is 18. The number of carbonyl (C=O) groups excluding carboxylic acids is 1. The predicted molar refractivity (Wildman–Crippen MR) is 262 cm³/mol. The average Bonchev–Trinajstić information content (AvgIpc) is 3.31. The van der Waals surface area contributed by atoms with E-state index in [-0.39, 0.29) is 36.9 Å². The number of benzene rings is 2. The molecule has 0 aliphatic rings. The van der Waals surface area contributed by atoms with Gasteiger partial charge in [-0.2, -0.15) is 0 Å². The highest BCUT2D eigenvalue weighted by Crippen LogP contribution is 2.37. The fourth-order valence-electron chi connectivity index (χ4n) is 8.53. The molecule has 388 valence electrons. The largest absolute Gasteiger partial charge is 0.483 e. The molecule has 20 nitrogen and oxygen atoms in total. The first-order valence-corrected chi connectivity index (χ1v) is 25.1. The number of hydrogen-bond donors (Lipinski definition) is 3. The van der Waals surface area contributed by atoms with Gasteiger partial charge in [0.15, 0.2) is 17.2 Å². The lowest BCUT2D eigenvalue weighted by atomic mass is 9.90. The zero-order chi connectivity index (χ0) is 51.0. The molecule has 0 saturated carbocycles. The van der Waals surface area contributed by atoms with E-state index in [1.54, 1.807) is 0 Å². The number of nitrogens with two attached hydrogens (primary N) is 1. The highest BCUT2D eigenvalue weighted by Gasteiger charge is 2.43. The second-order valence-corrected chi connectivity index (χ2v) is 18.0. The Morgan fingerprint density at radius 2 is 1.04 bits per heavy atom. The van der Waals surface area contributed by atoms with Gasteiger partial charge in [0, 0.05) is 25.0 Å². The first-order chi connectivity index (χ1) is 33.1. The highest BCUT2D eigenvalue weighted by atomic mass is 16.6. The molecular formula is C49H78N6O14. The molecule has 2 aromatic carbocycles. The summed E-state index contributed by atoms with van der Waals surface area (Å²) in [6.45, 7) is 4.27. The van der Waals surface area contributed by atoms with E-state index >= 15 is 0 Å². The van der Waals surface area contributed by atoms with Gasteiger partial charge in [0.1, 0.15) is 6.04 Å². The molecule has 0 saturated heterocycles. The van der Waals surface area contributed by atoms with E-state index in [1.165, 1.54) is 38.2 Å². The van der Waals surface area contributed by atoms with Crippen LogP contribution in [0.15, 0.2) is 36.4 Å². The number of carboxylic acid groups (broad SMARTS) is 1. The Balaban J connectivity index is 2.36. The number of esters is 1. The number of nitro benzene ring substituents is 4. The van der Waals surface area contributed by atoms with E-state index in [0.717, 1.165) is 95.2 Å². The Labute approximate surface area is 406 Å². The fraction of sp³-hybridized carbons (Fsp3) is 0.714. The zero-order valence-corrected chi connectivity index (χ0v) is 41.1. The van der Waals surface area contributed by atoms with Crippen LogP contribution in [0.4, 0.5) is 22.7 Å². The van der Waals surface area contributed by atoms with Crippen LogP contribution < -0.4 is 20.5 Å². The van der Waals surface area contributed by atoms with Crippen LogP contribution in [0.2, 0.25) is 0 Å². The number of ether oxygens (including phenoxy) is 3. The Kier molecular flexibility index (Phi) is 29.3. The van der Waals surface area contributed by atoms with Crippen LogP contribution in [0, 0.1) is 40.5 Å². The molecule has 0 aliphatic carbocycles. The van der Waals surface area contributed by atoms with Crippen LogP contribution in [0.25, 0.3) is 0 Å². The molecular weight excluding hydrogens is 897 g/mol. The van der Waals surface area contributed by atoms with Gasteiger partial charge in [0.05, 0.1) is 51.1 Å². The van der Waals surface area contributed by atoms with Crippen molar-refractivity contribution in [3.63, 3.8) is 0 Å². The number of carbonyl (C=O) groups is 2. The number of carboxylic acids is 1. The van der Waals surface area contributed by atoms with Crippen molar-refractivity contribution >= 4 is 34.7 Å². The van der Waals surface area contributed by atoms with Gasteiger partial charge in [-0.05, 0) is 63.5 Å². The van der Waals surface area contributed by atoms with Crippen molar-refractivity contribution in [2.75, 3.05) is 7.11 Å². The van der Waals surface area contributed by atoms with Crippen molar-refractivity contribution in [3.05, 3.63) is 76.9 Å². The smallest absolute Gasteiger partial charge is 0.322 e. The Morgan fingerprint density at radius 3 is 1.52 bits per heavy atom. The third-order valence-corrected chi connectivity index (χ3v) is 12.5. The minimum absolute atomic E-state index is 0.0230. The summed E-state index contributed by atoms with van der Waals surface area (Å²) >= 11 is 0. The maximum absolute atomic E-state index is 13.6. The van der Waals surface area contributed by atoms with E-state index in [0.29, 0.717) is 70.6 Å². The normalized spacial score (nSPS) is 13.4. The van der Waals surface area contributed by atoms with Crippen LogP contribution in [0.5, 0.6) is 11.5 Å².